The van der Waals surface area contributed by atoms with E-state index in [4.69, 9.17) is 0 Å². The summed E-state index contributed by atoms with van der Waals surface area (Å²) in [6.07, 6.45) is 4.11. The van der Waals surface area contributed by atoms with Gasteiger partial charge in [0.15, 0.2) is 6.20 Å². The maximum Gasteiger partial charge on any atom is 0.207 e. The lowest BCUT2D eigenvalue weighted by atomic mass is 10.2. The Morgan fingerprint density at radius 1 is 0.722 bits per heavy atom. The van der Waals surface area contributed by atoms with Crippen molar-refractivity contribution in [3.63, 3.8) is 0 Å². The molecule has 2 nitrogen and oxygen atoms in total. The molecule has 0 unspecified atom stereocenters. The van der Waals surface area contributed by atoms with Crippen LogP contribution in [0.5, 0.6) is 0 Å². The van der Waals surface area contributed by atoms with Crippen LogP contribution in [0.3, 0.4) is 0 Å². The van der Waals surface area contributed by atoms with Gasteiger partial charge in [0.2, 0.25) is 6.20 Å². The quantitative estimate of drug-likeness (QED) is 0.639. The molecule has 3 aromatic rings. The average Bonchev–Trinajstić information content (AvgIpc) is 2.40. The summed E-state index contributed by atoms with van der Waals surface area (Å²) in [7, 11) is 0. The van der Waals surface area contributed by atoms with E-state index in [1.54, 1.807) is 0 Å². The van der Waals surface area contributed by atoms with Gasteiger partial charge in [-0.25, -0.2) is 0 Å². The Morgan fingerprint density at radius 3 is 2.17 bits per heavy atom. The second-order valence-electron chi connectivity index (χ2n) is 3.96. The van der Waals surface area contributed by atoms with Crippen LogP contribution in [0.25, 0.3) is 10.8 Å². The Morgan fingerprint density at radius 2 is 1.39 bits per heavy atom. The Balaban J connectivity index is 0.00000120. The van der Waals surface area contributed by atoms with E-state index in [2.05, 4.69) is 42.0 Å². The fourth-order valence-electron chi connectivity index (χ4n) is 1.87. The molecule has 1 heterocycles. The van der Waals surface area contributed by atoms with E-state index in [0.29, 0.717) is 0 Å². The summed E-state index contributed by atoms with van der Waals surface area (Å²) in [6.45, 7) is 0. The molecule has 0 aliphatic heterocycles. The Kier molecular flexibility index (Phi) is 3.80. The molecule has 2 aromatic carbocycles. The van der Waals surface area contributed by atoms with Gasteiger partial charge in [0, 0.05) is 11.5 Å². The van der Waals surface area contributed by atoms with Crippen molar-refractivity contribution in [2.24, 2.45) is 0 Å². The first-order chi connectivity index (χ1) is 8.42. The second kappa shape index (κ2) is 5.52. The Hall–Kier alpha value is -2.06. The highest BCUT2D eigenvalue weighted by atomic mass is 35.5. The van der Waals surface area contributed by atoms with Crippen molar-refractivity contribution < 1.29 is 17.1 Å². The average molecular weight is 257 g/mol. The molecule has 0 aliphatic rings. The molecular formula is C15H13ClN2. The topological polar surface area (TPSA) is 15.9 Å². The third-order valence-electron chi connectivity index (χ3n) is 2.72. The maximum atomic E-state index is 3.31. The first-order valence-corrected chi connectivity index (χ1v) is 5.64. The fraction of sp³-hybridized carbons (Fsp3) is 0. The number of pyridine rings is 1. The predicted octanol–water partition coefficient (Wildman–Crippen LogP) is 0.00650. The molecule has 0 saturated carbocycles. The molecule has 3 heteroatoms. The van der Waals surface area contributed by atoms with Crippen molar-refractivity contribution in [3.05, 3.63) is 73.1 Å². The molecule has 0 fully saturated rings. The molecule has 0 atom stereocenters. The minimum absolute atomic E-state index is 0. The van der Waals surface area contributed by atoms with E-state index in [0.717, 1.165) is 5.69 Å². The van der Waals surface area contributed by atoms with E-state index >= 15 is 0 Å². The van der Waals surface area contributed by atoms with Crippen LogP contribution >= 0.6 is 0 Å². The lowest BCUT2D eigenvalue weighted by molar-refractivity contribution is -0.641. The molecule has 1 N–H and O–H groups in total. The zero-order valence-corrected chi connectivity index (χ0v) is 10.5. The van der Waals surface area contributed by atoms with E-state index in [-0.39, 0.29) is 12.4 Å². The van der Waals surface area contributed by atoms with Gasteiger partial charge in [-0.2, -0.15) is 5.43 Å². The SMILES string of the molecule is [Cl-].c1ccc(N[n+]2ccc3ccccc3c2)cc1. The van der Waals surface area contributed by atoms with Crippen LogP contribution in [0.15, 0.2) is 73.1 Å². The maximum absolute atomic E-state index is 3.31. The summed E-state index contributed by atoms with van der Waals surface area (Å²) in [5.74, 6) is 0. The van der Waals surface area contributed by atoms with Crippen LogP contribution in [0.1, 0.15) is 0 Å². The highest BCUT2D eigenvalue weighted by Gasteiger charge is 2.02. The van der Waals surface area contributed by atoms with Crippen LogP contribution in [-0.4, -0.2) is 0 Å². The number of aromatic nitrogens is 1. The number of fused-ring (bicyclic) bond motifs is 1. The number of para-hydroxylation sites is 1. The standard InChI is InChI=1S/C15H13N2.ClH/c1-2-8-15(9-3-1)16-17-11-10-13-6-4-5-7-14(13)12-17;/h1-12,16H;1H/q+1;/p-1. The number of benzene rings is 2. The molecule has 1 aromatic heterocycles. The minimum atomic E-state index is 0. The van der Waals surface area contributed by atoms with Crippen LogP contribution in [0.2, 0.25) is 0 Å². The summed E-state index contributed by atoms with van der Waals surface area (Å²) in [5.41, 5.74) is 4.39. The molecular weight excluding hydrogens is 244 g/mol. The molecule has 0 bridgehead atoms. The van der Waals surface area contributed by atoms with Crippen molar-refractivity contribution in [3.8, 4) is 0 Å². The van der Waals surface area contributed by atoms with Gasteiger partial charge in [-0.05, 0) is 23.6 Å². The first kappa shape index (κ1) is 12.4. The first-order valence-electron chi connectivity index (χ1n) is 5.64. The number of anilines is 1. The molecule has 0 spiro atoms. The largest absolute Gasteiger partial charge is 1.00 e. The van der Waals surface area contributed by atoms with Crippen LogP contribution < -0.4 is 22.5 Å². The summed E-state index contributed by atoms with van der Waals surface area (Å²) >= 11 is 0. The van der Waals surface area contributed by atoms with Gasteiger partial charge in [0.25, 0.3) is 0 Å². The third-order valence-corrected chi connectivity index (χ3v) is 2.72. The van der Waals surface area contributed by atoms with Crippen LogP contribution in [-0.2, 0) is 0 Å². The lowest BCUT2D eigenvalue weighted by Gasteiger charge is -2.01. The normalized spacial score (nSPS) is 9.78. The van der Waals surface area contributed by atoms with E-state index in [1.165, 1.54) is 10.8 Å². The van der Waals surface area contributed by atoms with E-state index < -0.39 is 0 Å². The molecule has 0 saturated heterocycles. The molecule has 90 valence electrons. The van der Waals surface area contributed by atoms with Gasteiger partial charge >= 0.3 is 0 Å². The predicted molar refractivity (Wildman–Crippen MR) is 69.6 cm³/mol. The zero-order valence-electron chi connectivity index (χ0n) is 9.75. The summed E-state index contributed by atoms with van der Waals surface area (Å²) in [6, 6.07) is 20.6. The molecule has 0 amide bonds. The Labute approximate surface area is 112 Å². The number of nitrogens with one attached hydrogen (secondary N) is 1. The minimum Gasteiger partial charge on any atom is -1.00 e. The molecule has 3 rings (SSSR count). The van der Waals surface area contributed by atoms with E-state index in [1.807, 2.05) is 41.2 Å². The van der Waals surface area contributed by atoms with Crippen molar-refractivity contribution in [2.75, 3.05) is 5.43 Å². The molecule has 0 radical (unpaired) electrons. The van der Waals surface area contributed by atoms with Crippen LogP contribution in [0.4, 0.5) is 5.69 Å². The zero-order chi connectivity index (χ0) is 11.5. The second-order valence-corrected chi connectivity index (χ2v) is 3.96. The monoisotopic (exact) mass is 256 g/mol. The van der Waals surface area contributed by atoms with Gasteiger partial charge in [0.1, 0.15) is 0 Å². The smallest absolute Gasteiger partial charge is 0.207 e. The summed E-state index contributed by atoms with van der Waals surface area (Å²) in [4.78, 5) is 0. The van der Waals surface area contributed by atoms with E-state index in [9.17, 15) is 0 Å². The highest BCUT2D eigenvalue weighted by Crippen LogP contribution is 2.10. The van der Waals surface area contributed by atoms with Gasteiger partial charge in [0.05, 0.1) is 5.69 Å². The number of halogens is 1. The van der Waals surface area contributed by atoms with Gasteiger partial charge < -0.3 is 12.4 Å². The van der Waals surface area contributed by atoms with Crippen molar-refractivity contribution >= 4 is 16.5 Å². The van der Waals surface area contributed by atoms with Gasteiger partial charge in [-0.1, -0.05) is 41.1 Å². The summed E-state index contributed by atoms with van der Waals surface area (Å²) < 4.78 is 1.97. The van der Waals surface area contributed by atoms with Crippen molar-refractivity contribution in [2.45, 2.75) is 0 Å². The summed E-state index contributed by atoms with van der Waals surface area (Å²) in [5, 5.41) is 2.47. The number of hydrogen-bond donors (Lipinski definition) is 1. The third kappa shape index (κ3) is 2.60. The fourth-order valence-corrected chi connectivity index (χ4v) is 1.87. The lowest BCUT2D eigenvalue weighted by Crippen LogP contribution is -3.00. The molecule has 18 heavy (non-hydrogen) atoms. The molecule has 0 aliphatic carbocycles. The Bertz CT molecular complexity index is 638. The van der Waals surface area contributed by atoms with Gasteiger partial charge in [-0.15, -0.1) is 0 Å². The van der Waals surface area contributed by atoms with Gasteiger partial charge in [-0.3, -0.25) is 0 Å². The number of rotatable bonds is 2. The number of nitrogens with zero attached hydrogens (tertiary/aromatic N) is 1. The highest BCUT2D eigenvalue weighted by molar-refractivity contribution is 5.80. The van der Waals surface area contributed by atoms with Crippen molar-refractivity contribution in [1.29, 1.82) is 0 Å². The van der Waals surface area contributed by atoms with Crippen molar-refractivity contribution in [1.82, 2.24) is 0 Å². The van der Waals surface area contributed by atoms with Crippen LogP contribution in [0, 0.1) is 0 Å². The number of hydrogen-bond acceptors (Lipinski definition) is 1.